The van der Waals surface area contributed by atoms with Crippen LogP contribution in [-0.4, -0.2) is 45.6 Å². The largest absolute Gasteiger partial charge is 0.377 e. The molecule has 1 N–H and O–H groups in total. The highest BCUT2D eigenvalue weighted by Gasteiger charge is 2.27. The first kappa shape index (κ1) is 15.9. The van der Waals surface area contributed by atoms with Gasteiger partial charge in [-0.25, -0.2) is 8.42 Å². The second kappa shape index (κ2) is 7.00. The van der Waals surface area contributed by atoms with Crippen molar-refractivity contribution < 1.29 is 13.2 Å². The molecule has 114 valence electrons. The molecule has 5 nitrogen and oxygen atoms in total. The Balaban J connectivity index is 2.02. The Bertz CT molecular complexity index is 521. The van der Waals surface area contributed by atoms with E-state index < -0.39 is 10.0 Å². The lowest BCUT2D eigenvalue weighted by atomic mass is 10.2. The number of hydrogen-bond donors (Lipinski definition) is 1. The van der Waals surface area contributed by atoms with E-state index in [1.165, 1.54) is 15.6 Å². The third-order valence-corrected chi connectivity index (χ3v) is 6.65. The zero-order valence-corrected chi connectivity index (χ0v) is 13.6. The molecule has 1 aliphatic rings. The van der Waals surface area contributed by atoms with E-state index in [0.717, 1.165) is 31.6 Å². The van der Waals surface area contributed by atoms with Gasteiger partial charge in [0.25, 0.3) is 10.0 Å². The first-order valence-electron chi connectivity index (χ1n) is 6.90. The van der Waals surface area contributed by atoms with Gasteiger partial charge < -0.3 is 10.1 Å². The maximum Gasteiger partial charge on any atom is 0.252 e. The third kappa shape index (κ3) is 3.79. The van der Waals surface area contributed by atoms with Crippen molar-refractivity contribution in [1.29, 1.82) is 0 Å². The van der Waals surface area contributed by atoms with E-state index in [2.05, 4.69) is 5.32 Å². The fraction of sp³-hybridized carbons (Fsp3) is 0.692. The van der Waals surface area contributed by atoms with Crippen LogP contribution in [0.3, 0.4) is 0 Å². The fourth-order valence-electron chi connectivity index (χ4n) is 2.18. The van der Waals surface area contributed by atoms with Crippen molar-refractivity contribution >= 4 is 21.4 Å². The summed E-state index contributed by atoms with van der Waals surface area (Å²) in [6, 6.07) is 1.76. The predicted octanol–water partition coefficient (Wildman–Crippen LogP) is 1.66. The van der Waals surface area contributed by atoms with Crippen molar-refractivity contribution in [2.45, 2.75) is 36.6 Å². The molecule has 0 amide bonds. The Kier molecular flexibility index (Phi) is 5.57. The number of ether oxygens (including phenoxy) is 1. The summed E-state index contributed by atoms with van der Waals surface area (Å²) in [5, 5.41) is 5.09. The molecule has 1 aromatic rings. The van der Waals surface area contributed by atoms with Crippen LogP contribution >= 0.6 is 11.3 Å². The lowest BCUT2D eigenvalue weighted by molar-refractivity contribution is 0.0979. The van der Waals surface area contributed by atoms with Gasteiger partial charge in [-0.3, -0.25) is 0 Å². The van der Waals surface area contributed by atoms with Crippen molar-refractivity contribution in [2.24, 2.45) is 0 Å². The van der Waals surface area contributed by atoms with Crippen molar-refractivity contribution in [3.63, 3.8) is 0 Å². The van der Waals surface area contributed by atoms with Gasteiger partial charge in [-0.2, -0.15) is 4.31 Å². The van der Waals surface area contributed by atoms with E-state index in [1.54, 1.807) is 13.1 Å². The van der Waals surface area contributed by atoms with Crippen LogP contribution in [0.15, 0.2) is 15.7 Å². The van der Waals surface area contributed by atoms with Gasteiger partial charge in [0.1, 0.15) is 4.21 Å². The molecule has 0 radical (unpaired) electrons. The predicted molar refractivity (Wildman–Crippen MR) is 80.5 cm³/mol. The zero-order chi connectivity index (χ0) is 14.6. The zero-order valence-electron chi connectivity index (χ0n) is 12.0. The number of sulfonamides is 1. The molecule has 0 aliphatic carbocycles. The summed E-state index contributed by atoms with van der Waals surface area (Å²) in [5.41, 5.74) is 1.01. The number of nitrogens with one attached hydrogen (secondary N) is 1. The van der Waals surface area contributed by atoms with Crippen molar-refractivity contribution in [1.82, 2.24) is 9.62 Å². The molecule has 1 saturated heterocycles. The smallest absolute Gasteiger partial charge is 0.252 e. The Labute approximate surface area is 125 Å². The molecule has 7 heteroatoms. The number of nitrogens with zero attached hydrogens (tertiary/aromatic N) is 1. The highest BCUT2D eigenvalue weighted by molar-refractivity contribution is 7.91. The van der Waals surface area contributed by atoms with Crippen molar-refractivity contribution in [2.75, 3.05) is 26.7 Å². The molecule has 2 heterocycles. The molecule has 1 fully saturated rings. The minimum Gasteiger partial charge on any atom is -0.377 e. The maximum atomic E-state index is 12.5. The number of rotatable bonds is 7. The van der Waals surface area contributed by atoms with Crippen LogP contribution in [0.4, 0.5) is 0 Å². The molecule has 1 unspecified atom stereocenters. The summed E-state index contributed by atoms with van der Waals surface area (Å²) >= 11 is 1.28. The minimum absolute atomic E-state index is 0.0379. The van der Waals surface area contributed by atoms with Crippen LogP contribution in [0.1, 0.15) is 25.3 Å². The highest BCUT2D eigenvalue weighted by atomic mass is 32.2. The van der Waals surface area contributed by atoms with E-state index in [4.69, 9.17) is 4.74 Å². The van der Waals surface area contributed by atoms with Crippen LogP contribution in [0, 0.1) is 0 Å². The summed E-state index contributed by atoms with van der Waals surface area (Å²) < 4.78 is 32.3. The molecular weight excluding hydrogens is 296 g/mol. The molecule has 0 bridgehead atoms. The van der Waals surface area contributed by atoms with Gasteiger partial charge in [0.2, 0.25) is 0 Å². The molecule has 0 aromatic carbocycles. The third-order valence-electron chi connectivity index (χ3n) is 3.36. The van der Waals surface area contributed by atoms with Crippen LogP contribution in [0.5, 0.6) is 0 Å². The highest BCUT2D eigenvalue weighted by Crippen LogP contribution is 2.24. The van der Waals surface area contributed by atoms with Gasteiger partial charge in [-0.15, -0.1) is 11.3 Å². The first-order chi connectivity index (χ1) is 9.54. The SMILES string of the molecule is CCNCc1csc(S(=O)(=O)N(C)CC2CCCO2)c1. The molecule has 0 spiro atoms. The summed E-state index contributed by atoms with van der Waals surface area (Å²) in [6.45, 7) is 4.78. The Morgan fingerprint density at radius 2 is 2.35 bits per heavy atom. The average molecular weight is 318 g/mol. The van der Waals surface area contributed by atoms with Gasteiger partial charge in [-0.1, -0.05) is 6.92 Å². The Morgan fingerprint density at radius 1 is 1.55 bits per heavy atom. The van der Waals surface area contributed by atoms with Crippen LogP contribution in [-0.2, 0) is 21.3 Å². The number of thiophene rings is 1. The van der Waals surface area contributed by atoms with Crippen LogP contribution in [0.2, 0.25) is 0 Å². The average Bonchev–Trinajstić information content (AvgIpc) is 3.07. The number of likely N-dealkylation sites (N-methyl/N-ethyl adjacent to an activating group) is 1. The fourth-order valence-corrected chi connectivity index (χ4v) is 4.80. The van der Waals surface area contributed by atoms with Gasteiger partial charge in [0.15, 0.2) is 0 Å². The Hall–Kier alpha value is -0.470. The monoisotopic (exact) mass is 318 g/mol. The second-order valence-electron chi connectivity index (χ2n) is 4.97. The summed E-state index contributed by atoms with van der Waals surface area (Å²) in [6.07, 6.45) is 2.00. The Morgan fingerprint density at radius 3 is 3.00 bits per heavy atom. The molecular formula is C13H22N2O3S2. The maximum absolute atomic E-state index is 12.5. The summed E-state index contributed by atoms with van der Waals surface area (Å²) in [5.74, 6) is 0. The molecule has 0 saturated carbocycles. The topological polar surface area (TPSA) is 58.6 Å². The lowest BCUT2D eigenvalue weighted by Gasteiger charge is -2.19. The van der Waals surface area contributed by atoms with Gasteiger partial charge in [0.05, 0.1) is 6.10 Å². The van der Waals surface area contributed by atoms with Crippen molar-refractivity contribution in [3.05, 3.63) is 17.0 Å². The number of hydrogen-bond acceptors (Lipinski definition) is 5. The van der Waals surface area contributed by atoms with E-state index in [9.17, 15) is 8.42 Å². The molecule has 2 rings (SSSR count). The van der Waals surface area contributed by atoms with Crippen molar-refractivity contribution in [3.8, 4) is 0 Å². The van der Waals surface area contributed by atoms with E-state index in [0.29, 0.717) is 17.3 Å². The minimum atomic E-state index is -3.39. The first-order valence-corrected chi connectivity index (χ1v) is 9.22. The van der Waals surface area contributed by atoms with Gasteiger partial charge >= 0.3 is 0 Å². The van der Waals surface area contributed by atoms with E-state index in [-0.39, 0.29) is 6.10 Å². The van der Waals surface area contributed by atoms with E-state index >= 15 is 0 Å². The standard InChI is InChI=1S/C13H22N2O3S2/c1-3-14-8-11-7-13(19-10-11)20(16,17)15(2)9-12-5-4-6-18-12/h7,10,12,14H,3-6,8-9H2,1-2H3. The molecule has 1 atom stereocenters. The van der Waals surface area contributed by atoms with E-state index in [1.807, 2.05) is 12.3 Å². The van der Waals surface area contributed by atoms with Gasteiger partial charge in [0, 0.05) is 26.7 Å². The molecule has 1 aromatic heterocycles. The summed E-state index contributed by atoms with van der Waals surface area (Å²) in [7, 11) is -1.76. The quantitative estimate of drug-likeness (QED) is 0.830. The van der Waals surface area contributed by atoms with Crippen LogP contribution < -0.4 is 5.32 Å². The van der Waals surface area contributed by atoms with Crippen LogP contribution in [0.25, 0.3) is 0 Å². The lowest BCUT2D eigenvalue weighted by Crippen LogP contribution is -2.33. The normalized spacial score (nSPS) is 19.9. The second-order valence-corrected chi connectivity index (χ2v) is 8.16. The summed E-state index contributed by atoms with van der Waals surface area (Å²) in [4.78, 5) is 0. The molecule has 20 heavy (non-hydrogen) atoms. The van der Waals surface area contributed by atoms with Gasteiger partial charge in [-0.05, 0) is 36.4 Å². The molecule has 1 aliphatic heterocycles.